The van der Waals surface area contributed by atoms with Crippen LogP contribution in [-0.2, 0) is 16.1 Å². The molecule has 0 atom stereocenters. The molecule has 0 saturated carbocycles. The van der Waals surface area contributed by atoms with E-state index in [4.69, 9.17) is 4.74 Å². The molecule has 0 radical (unpaired) electrons. The summed E-state index contributed by atoms with van der Waals surface area (Å²) in [7, 11) is 1.50. The van der Waals surface area contributed by atoms with Crippen molar-refractivity contribution in [1.82, 2.24) is 14.5 Å². The van der Waals surface area contributed by atoms with E-state index < -0.39 is 0 Å². The topological polar surface area (TPSA) is 64.4 Å². The monoisotopic (exact) mass is 409 g/mol. The molecule has 3 heterocycles. The van der Waals surface area contributed by atoms with E-state index in [2.05, 4.69) is 4.98 Å². The predicted molar refractivity (Wildman–Crippen MR) is 118 cm³/mol. The lowest BCUT2D eigenvalue weighted by Gasteiger charge is -2.15. The molecular weight excluding hydrogens is 390 g/mol. The van der Waals surface area contributed by atoms with E-state index in [1.165, 1.54) is 12.0 Å². The van der Waals surface area contributed by atoms with E-state index in [-0.39, 0.29) is 23.9 Å². The molecule has 0 N–H and O–H groups in total. The molecule has 5 rings (SSSR count). The minimum atomic E-state index is -0.368. The van der Waals surface area contributed by atoms with Crippen molar-refractivity contribution in [3.63, 3.8) is 0 Å². The van der Waals surface area contributed by atoms with Crippen molar-refractivity contribution in [1.29, 1.82) is 0 Å². The Labute approximate surface area is 179 Å². The van der Waals surface area contributed by atoms with E-state index >= 15 is 0 Å². The number of para-hydroxylation sites is 1. The molecule has 6 heteroatoms. The Kier molecular flexibility index (Phi) is 4.59. The summed E-state index contributed by atoms with van der Waals surface area (Å²) in [6.07, 6.45) is 3.41. The Hall–Kier alpha value is -4.19. The first kappa shape index (κ1) is 18.8. The molecule has 0 unspecified atom stereocenters. The number of aromatic nitrogens is 2. The van der Waals surface area contributed by atoms with Crippen LogP contribution in [0.25, 0.3) is 22.2 Å². The Morgan fingerprint density at radius 2 is 1.65 bits per heavy atom. The van der Waals surface area contributed by atoms with Crippen molar-refractivity contribution in [3.05, 3.63) is 96.3 Å². The van der Waals surface area contributed by atoms with Gasteiger partial charge in [-0.3, -0.25) is 14.5 Å². The first-order valence-corrected chi connectivity index (χ1v) is 9.89. The molecule has 2 amide bonds. The maximum Gasteiger partial charge on any atom is 0.278 e. The van der Waals surface area contributed by atoms with Crippen molar-refractivity contribution >= 4 is 34.0 Å². The molecular formula is C25H19N3O3. The van der Waals surface area contributed by atoms with Gasteiger partial charge in [0.25, 0.3) is 11.8 Å². The van der Waals surface area contributed by atoms with Crippen LogP contribution in [0.3, 0.4) is 0 Å². The summed E-state index contributed by atoms with van der Waals surface area (Å²) in [5.41, 5.74) is 2.80. The minimum Gasteiger partial charge on any atom is -0.481 e. The summed E-state index contributed by atoms with van der Waals surface area (Å²) in [5.74, 6) is -0.418. The number of amides is 2. The van der Waals surface area contributed by atoms with Gasteiger partial charge in [-0.2, -0.15) is 0 Å². The lowest BCUT2D eigenvalue weighted by molar-refractivity contribution is -0.136. The van der Waals surface area contributed by atoms with Crippen molar-refractivity contribution in [2.45, 2.75) is 6.54 Å². The predicted octanol–water partition coefficient (Wildman–Crippen LogP) is 3.98. The Balaban J connectivity index is 1.72. The maximum absolute atomic E-state index is 13.6. The van der Waals surface area contributed by atoms with Crippen molar-refractivity contribution in [2.75, 3.05) is 7.11 Å². The standard InChI is InChI=1S/C25H19N3O3/c1-31-23-19(11-7-14-26-23)21-22(27-15-13-18-10-5-6-12-20(18)27)25(30)28(24(21)29)16-17-8-3-2-4-9-17/h2-15H,16H2,1H3. The van der Waals surface area contributed by atoms with E-state index in [1.54, 1.807) is 22.9 Å². The van der Waals surface area contributed by atoms with Crippen LogP contribution in [0.5, 0.6) is 5.88 Å². The van der Waals surface area contributed by atoms with E-state index in [9.17, 15) is 9.59 Å². The fraction of sp³-hybridized carbons (Fsp3) is 0.0800. The highest BCUT2D eigenvalue weighted by Crippen LogP contribution is 2.38. The molecule has 0 bridgehead atoms. The molecule has 2 aromatic carbocycles. The van der Waals surface area contributed by atoms with Gasteiger partial charge in [0, 0.05) is 12.4 Å². The highest BCUT2D eigenvalue weighted by Gasteiger charge is 2.41. The van der Waals surface area contributed by atoms with Gasteiger partial charge in [0.05, 0.1) is 30.3 Å². The third-order valence-corrected chi connectivity index (χ3v) is 5.40. The molecule has 31 heavy (non-hydrogen) atoms. The lowest BCUT2D eigenvalue weighted by atomic mass is 10.1. The van der Waals surface area contributed by atoms with Gasteiger partial charge in [0.2, 0.25) is 5.88 Å². The summed E-state index contributed by atoms with van der Waals surface area (Å²) in [4.78, 5) is 32.7. The van der Waals surface area contributed by atoms with E-state index in [0.717, 1.165) is 16.5 Å². The minimum absolute atomic E-state index is 0.188. The average Bonchev–Trinajstić information content (AvgIpc) is 3.34. The smallest absolute Gasteiger partial charge is 0.278 e. The van der Waals surface area contributed by atoms with Gasteiger partial charge in [0.15, 0.2) is 0 Å². The van der Waals surface area contributed by atoms with Gasteiger partial charge in [-0.25, -0.2) is 4.98 Å². The highest BCUT2D eigenvalue weighted by atomic mass is 16.5. The Morgan fingerprint density at radius 3 is 2.45 bits per heavy atom. The van der Waals surface area contributed by atoms with Gasteiger partial charge >= 0.3 is 0 Å². The number of hydrogen-bond acceptors (Lipinski definition) is 4. The molecule has 0 aliphatic carbocycles. The summed E-state index contributed by atoms with van der Waals surface area (Å²) in [6.45, 7) is 0.188. The van der Waals surface area contributed by atoms with Crippen LogP contribution in [0.15, 0.2) is 85.2 Å². The number of rotatable bonds is 5. The van der Waals surface area contributed by atoms with Crippen LogP contribution in [0.4, 0.5) is 0 Å². The van der Waals surface area contributed by atoms with Gasteiger partial charge in [0.1, 0.15) is 5.70 Å². The van der Waals surface area contributed by atoms with E-state index in [1.807, 2.05) is 66.9 Å². The Bertz CT molecular complexity index is 1340. The highest BCUT2D eigenvalue weighted by molar-refractivity contribution is 6.46. The number of methoxy groups -OCH3 is 1. The largest absolute Gasteiger partial charge is 0.481 e. The summed E-state index contributed by atoms with van der Waals surface area (Å²) in [5, 5.41) is 0.981. The van der Waals surface area contributed by atoms with Crippen LogP contribution in [-0.4, -0.2) is 33.4 Å². The number of hydrogen-bond donors (Lipinski definition) is 0. The normalized spacial score (nSPS) is 14.0. The second-order valence-electron chi connectivity index (χ2n) is 7.21. The van der Waals surface area contributed by atoms with Crippen LogP contribution in [0.2, 0.25) is 0 Å². The average molecular weight is 409 g/mol. The molecule has 1 aliphatic heterocycles. The molecule has 152 valence electrons. The van der Waals surface area contributed by atoms with E-state index in [0.29, 0.717) is 17.1 Å². The zero-order valence-electron chi connectivity index (χ0n) is 16.9. The van der Waals surface area contributed by atoms with Gasteiger partial charge in [-0.15, -0.1) is 0 Å². The molecule has 2 aromatic heterocycles. The van der Waals surface area contributed by atoms with Crippen LogP contribution in [0.1, 0.15) is 11.1 Å². The maximum atomic E-state index is 13.6. The molecule has 0 fully saturated rings. The van der Waals surface area contributed by atoms with Gasteiger partial charge < -0.3 is 9.30 Å². The Morgan fingerprint density at radius 1 is 0.871 bits per heavy atom. The zero-order valence-corrected chi connectivity index (χ0v) is 16.9. The third-order valence-electron chi connectivity index (χ3n) is 5.40. The third kappa shape index (κ3) is 3.09. The summed E-state index contributed by atoms with van der Waals surface area (Å²) in [6, 6.07) is 22.6. The number of carbonyl (C=O) groups excluding carboxylic acids is 2. The summed E-state index contributed by atoms with van der Waals surface area (Å²) >= 11 is 0. The van der Waals surface area contributed by atoms with Crippen LogP contribution < -0.4 is 4.74 Å². The lowest BCUT2D eigenvalue weighted by Crippen LogP contribution is -2.31. The van der Waals surface area contributed by atoms with Crippen LogP contribution in [0, 0.1) is 0 Å². The fourth-order valence-corrected chi connectivity index (χ4v) is 3.96. The van der Waals surface area contributed by atoms with Gasteiger partial charge in [-0.05, 0) is 35.2 Å². The first-order valence-electron chi connectivity index (χ1n) is 9.89. The van der Waals surface area contributed by atoms with Crippen LogP contribution >= 0.6 is 0 Å². The SMILES string of the molecule is COc1ncccc1C1=C(n2ccc3ccccc32)C(=O)N(Cc2ccccc2)C1=O. The quantitative estimate of drug-likeness (QED) is 0.468. The van der Waals surface area contributed by atoms with Crippen molar-refractivity contribution in [2.24, 2.45) is 0 Å². The number of benzene rings is 2. The molecule has 1 aliphatic rings. The van der Waals surface area contributed by atoms with Crippen molar-refractivity contribution in [3.8, 4) is 5.88 Å². The number of ether oxygens (including phenoxy) is 1. The molecule has 6 nitrogen and oxygen atoms in total. The van der Waals surface area contributed by atoms with Gasteiger partial charge in [-0.1, -0.05) is 48.5 Å². The van der Waals surface area contributed by atoms with Crippen molar-refractivity contribution < 1.29 is 14.3 Å². The molecule has 4 aromatic rings. The first-order chi connectivity index (χ1) is 15.2. The number of fused-ring (bicyclic) bond motifs is 1. The number of nitrogens with zero attached hydrogens (tertiary/aromatic N) is 3. The molecule has 0 saturated heterocycles. The zero-order chi connectivity index (χ0) is 21.4. The number of imide groups is 1. The second-order valence-corrected chi connectivity index (χ2v) is 7.21. The molecule has 0 spiro atoms. The number of pyridine rings is 1. The summed E-state index contributed by atoms with van der Waals surface area (Å²) < 4.78 is 7.19. The second kappa shape index (κ2) is 7.57. The fourth-order valence-electron chi connectivity index (χ4n) is 3.96. The number of carbonyl (C=O) groups is 2.